The van der Waals surface area contributed by atoms with Gasteiger partial charge in [-0.2, -0.15) is 0 Å². The number of carbonyl (C=O) groups is 1. The maximum Gasteiger partial charge on any atom is 0.220 e. The number of hydrogen-bond donors (Lipinski definition) is 1. The molecule has 0 radical (unpaired) electrons. The van der Waals surface area contributed by atoms with Gasteiger partial charge in [0.2, 0.25) is 5.91 Å². The van der Waals surface area contributed by atoms with E-state index in [0.29, 0.717) is 26.2 Å². The van der Waals surface area contributed by atoms with Crippen molar-refractivity contribution < 1.29 is 14.3 Å². The zero-order valence-electron chi connectivity index (χ0n) is 9.84. The molecule has 0 bridgehead atoms. The molecule has 4 heteroatoms. The third-order valence-electron chi connectivity index (χ3n) is 2.08. The van der Waals surface area contributed by atoms with Gasteiger partial charge in [0.1, 0.15) is 0 Å². The van der Waals surface area contributed by atoms with E-state index < -0.39 is 0 Å². The zero-order valence-corrected chi connectivity index (χ0v) is 9.84. The maximum atomic E-state index is 11.4. The number of nitrogens with one attached hydrogen (secondary N) is 1. The lowest BCUT2D eigenvalue weighted by molar-refractivity contribution is -0.123. The van der Waals surface area contributed by atoms with Crippen molar-refractivity contribution in [3.8, 4) is 0 Å². The zero-order chi connectivity index (χ0) is 11.3. The molecule has 1 heterocycles. The number of ether oxygens (including phenoxy) is 2. The Labute approximate surface area is 91.3 Å². The fraction of sp³-hybridized carbons (Fsp3) is 0.909. The van der Waals surface area contributed by atoms with E-state index in [-0.39, 0.29) is 17.6 Å². The minimum atomic E-state index is -0.125. The molecule has 1 aliphatic heterocycles. The molecular formula is C11H21NO3. The minimum Gasteiger partial charge on any atom is -0.356 e. The van der Waals surface area contributed by atoms with Gasteiger partial charge in [-0.1, -0.05) is 20.8 Å². The molecule has 0 unspecified atom stereocenters. The van der Waals surface area contributed by atoms with Crippen LogP contribution in [0.2, 0.25) is 0 Å². The van der Waals surface area contributed by atoms with Gasteiger partial charge in [-0.15, -0.1) is 0 Å². The molecular weight excluding hydrogens is 194 g/mol. The summed E-state index contributed by atoms with van der Waals surface area (Å²) in [6, 6.07) is 0. The van der Waals surface area contributed by atoms with Crippen molar-refractivity contribution in [3.63, 3.8) is 0 Å². The summed E-state index contributed by atoms with van der Waals surface area (Å²) in [7, 11) is 0. The molecule has 4 nitrogen and oxygen atoms in total. The Bertz CT molecular complexity index is 204. The molecule has 0 aromatic carbocycles. The van der Waals surface area contributed by atoms with E-state index >= 15 is 0 Å². The second-order valence-corrected chi connectivity index (χ2v) is 5.05. The first-order valence-corrected chi connectivity index (χ1v) is 5.47. The van der Waals surface area contributed by atoms with E-state index in [1.165, 1.54) is 0 Å². The van der Waals surface area contributed by atoms with Gasteiger partial charge in [0, 0.05) is 19.4 Å². The molecule has 1 amide bonds. The van der Waals surface area contributed by atoms with Gasteiger partial charge in [0.25, 0.3) is 0 Å². The molecule has 0 aromatic heterocycles. The van der Waals surface area contributed by atoms with Gasteiger partial charge in [-0.25, -0.2) is 0 Å². The molecule has 0 saturated carbocycles. The van der Waals surface area contributed by atoms with Gasteiger partial charge in [-0.3, -0.25) is 4.79 Å². The molecule has 0 aromatic rings. The minimum absolute atomic E-state index is 0.0461. The molecule has 1 aliphatic rings. The Balaban J connectivity index is 2.06. The van der Waals surface area contributed by atoms with Crippen LogP contribution in [0.1, 0.15) is 33.6 Å². The predicted octanol–water partition coefficient (Wildman–Crippen LogP) is 1.30. The highest BCUT2D eigenvalue weighted by Crippen LogP contribution is 2.17. The van der Waals surface area contributed by atoms with E-state index in [9.17, 15) is 4.79 Å². The summed E-state index contributed by atoms with van der Waals surface area (Å²) in [6.07, 6.45) is 1.16. The van der Waals surface area contributed by atoms with Crippen molar-refractivity contribution in [1.82, 2.24) is 5.32 Å². The van der Waals surface area contributed by atoms with Gasteiger partial charge < -0.3 is 14.8 Å². The second-order valence-electron chi connectivity index (χ2n) is 5.05. The SMILES string of the molecule is CC(C)(C)CC(=O)NCCC1OCCO1. The Kier molecular flexibility index (Phi) is 4.54. The maximum absolute atomic E-state index is 11.4. The van der Waals surface area contributed by atoms with Crippen LogP contribution in [0.15, 0.2) is 0 Å². The van der Waals surface area contributed by atoms with Crippen molar-refractivity contribution in [3.05, 3.63) is 0 Å². The van der Waals surface area contributed by atoms with E-state index in [1.807, 2.05) is 0 Å². The van der Waals surface area contributed by atoms with E-state index in [4.69, 9.17) is 9.47 Å². The largest absolute Gasteiger partial charge is 0.356 e. The normalized spacial score (nSPS) is 18.1. The molecule has 88 valence electrons. The van der Waals surface area contributed by atoms with Crippen LogP contribution in [0.4, 0.5) is 0 Å². The highest BCUT2D eigenvalue weighted by Gasteiger charge is 2.18. The van der Waals surface area contributed by atoms with E-state index in [0.717, 1.165) is 6.42 Å². The lowest BCUT2D eigenvalue weighted by Gasteiger charge is -2.17. The fourth-order valence-corrected chi connectivity index (χ4v) is 1.45. The molecule has 0 aliphatic carbocycles. The van der Waals surface area contributed by atoms with Crippen molar-refractivity contribution >= 4 is 5.91 Å². The molecule has 1 saturated heterocycles. The van der Waals surface area contributed by atoms with Crippen LogP contribution in [0.5, 0.6) is 0 Å². The predicted molar refractivity (Wildman–Crippen MR) is 57.4 cm³/mol. The first-order valence-electron chi connectivity index (χ1n) is 5.47. The summed E-state index contributed by atoms with van der Waals surface area (Å²) in [6.45, 7) is 8.11. The number of hydrogen-bond acceptors (Lipinski definition) is 3. The Morgan fingerprint density at radius 1 is 1.33 bits per heavy atom. The van der Waals surface area contributed by atoms with Crippen LogP contribution < -0.4 is 5.32 Å². The Hall–Kier alpha value is -0.610. The lowest BCUT2D eigenvalue weighted by Crippen LogP contribution is -2.30. The third kappa shape index (κ3) is 5.74. The van der Waals surface area contributed by atoms with E-state index in [1.54, 1.807) is 0 Å². The Morgan fingerprint density at radius 2 is 1.93 bits per heavy atom. The third-order valence-corrected chi connectivity index (χ3v) is 2.08. The highest BCUT2D eigenvalue weighted by atomic mass is 16.7. The standard InChI is InChI=1S/C11H21NO3/c1-11(2,3)8-9(13)12-5-4-10-14-6-7-15-10/h10H,4-8H2,1-3H3,(H,12,13). The van der Waals surface area contributed by atoms with Crippen LogP contribution in [0, 0.1) is 5.41 Å². The summed E-state index contributed by atoms with van der Waals surface area (Å²) >= 11 is 0. The topological polar surface area (TPSA) is 47.6 Å². The lowest BCUT2D eigenvalue weighted by atomic mass is 9.92. The summed E-state index contributed by atoms with van der Waals surface area (Å²) in [5.74, 6) is 0.0977. The first kappa shape index (κ1) is 12.5. The summed E-state index contributed by atoms with van der Waals surface area (Å²) in [4.78, 5) is 11.4. The Morgan fingerprint density at radius 3 is 2.47 bits per heavy atom. The summed E-state index contributed by atoms with van der Waals surface area (Å²) in [5.41, 5.74) is 0.0461. The van der Waals surface area contributed by atoms with Gasteiger partial charge in [0.15, 0.2) is 6.29 Å². The molecule has 1 fully saturated rings. The summed E-state index contributed by atoms with van der Waals surface area (Å²) in [5, 5.41) is 2.87. The molecule has 0 atom stereocenters. The van der Waals surface area contributed by atoms with Crippen molar-refractivity contribution in [2.75, 3.05) is 19.8 Å². The van der Waals surface area contributed by atoms with E-state index in [2.05, 4.69) is 26.1 Å². The number of carbonyl (C=O) groups excluding carboxylic acids is 1. The molecule has 0 spiro atoms. The van der Waals surface area contributed by atoms with Crippen LogP contribution in [-0.4, -0.2) is 32.0 Å². The van der Waals surface area contributed by atoms with Crippen LogP contribution >= 0.6 is 0 Å². The first-order chi connectivity index (χ1) is 6.97. The van der Waals surface area contributed by atoms with Crippen molar-refractivity contribution in [2.24, 2.45) is 5.41 Å². The second kappa shape index (κ2) is 5.47. The highest BCUT2D eigenvalue weighted by molar-refractivity contribution is 5.76. The van der Waals surface area contributed by atoms with Crippen LogP contribution in [-0.2, 0) is 14.3 Å². The smallest absolute Gasteiger partial charge is 0.220 e. The van der Waals surface area contributed by atoms with Crippen LogP contribution in [0.25, 0.3) is 0 Å². The van der Waals surface area contributed by atoms with Crippen LogP contribution in [0.3, 0.4) is 0 Å². The van der Waals surface area contributed by atoms with Crippen molar-refractivity contribution in [1.29, 1.82) is 0 Å². The van der Waals surface area contributed by atoms with Gasteiger partial charge >= 0.3 is 0 Å². The summed E-state index contributed by atoms with van der Waals surface area (Å²) < 4.78 is 10.5. The fourth-order valence-electron chi connectivity index (χ4n) is 1.45. The monoisotopic (exact) mass is 215 g/mol. The molecule has 15 heavy (non-hydrogen) atoms. The van der Waals surface area contributed by atoms with Gasteiger partial charge in [-0.05, 0) is 5.41 Å². The number of amides is 1. The molecule has 1 N–H and O–H groups in total. The molecule has 1 rings (SSSR count). The van der Waals surface area contributed by atoms with Crippen molar-refractivity contribution in [2.45, 2.75) is 39.9 Å². The average molecular weight is 215 g/mol. The average Bonchev–Trinajstić information content (AvgIpc) is 2.53. The number of rotatable bonds is 4. The van der Waals surface area contributed by atoms with Gasteiger partial charge in [0.05, 0.1) is 13.2 Å². The quantitative estimate of drug-likeness (QED) is 0.769.